The first kappa shape index (κ1) is 18.0. The summed E-state index contributed by atoms with van der Waals surface area (Å²) < 4.78 is 6.32. The number of ether oxygens (including phenoxy) is 1. The van der Waals surface area contributed by atoms with E-state index < -0.39 is 8.07 Å². The molecule has 0 bridgehead atoms. The van der Waals surface area contributed by atoms with Crippen molar-refractivity contribution >= 4 is 8.07 Å². The molecule has 0 atom stereocenters. The topological polar surface area (TPSA) is 9.23 Å². The van der Waals surface area contributed by atoms with Crippen molar-refractivity contribution < 1.29 is 4.74 Å². The molecule has 3 saturated carbocycles. The molecule has 0 unspecified atom stereocenters. The maximum absolute atomic E-state index is 6.32. The average molecular weight is 337 g/mol. The van der Waals surface area contributed by atoms with E-state index in [2.05, 4.69) is 6.92 Å². The molecule has 0 N–H and O–H groups in total. The van der Waals surface area contributed by atoms with Gasteiger partial charge in [0.05, 0.1) is 8.07 Å². The van der Waals surface area contributed by atoms with Gasteiger partial charge in [-0.3, -0.25) is 0 Å². The fourth-order valence-corrected chi connectivity index (χ4v) is 14.3. The highest BCUT2D eigenvalue weighted by atomic mass is 28.3. The molecular formula is C21H40OSi. The Hall–Kier alpha value is 0.177. The summed E-state index contributed by atoms with van der Waals surface area (Å²) in [5.41, 5.74) is 3.32. The van der Waals surface area contributed by atoms with Crippen molar-refractivity contribution in [2.45, 2.75) is 120 Å². The van der Waals surface area contributed by atoms with Crippen LogP contribution in [0.25, 0.3) is 0 Å². The molecule has 0 aliphatic heterocycles. The van der Waals surface area contributed by atoms with E-state index in [-0.39, 0.29) is 0 Å². The second-order valence-electron chi connectivity index (χ2n) is 8.75. The largest absolute Gasteiger partial charge is 0.385 e. The van der Waals surface area contributed by atoms with Gasteiger partial charge in [0.1, 0.15) is 0 Å². The monoisotopic (exact) mass is 336 g/mol. The van der Waals surface area contributed by atoms with Gasteiger partial charge in [-0.1, -0.05) is 96.3 Å². The van der Waals surface area contributed by atoms with E-state index in [9.17, 15) is 0 Å². The fraction of sp³-hybridized carbons (Fsp3) is 1.00. The summed E-state index contributed by atoms with van der Waals surface area (Å²) in [5, 5.41) is 0. The zero-order valence-corrected chi connectivity index (χ0v) is 16.7. The summed E-state index contributed by atoms with van der Waals surface area (Å²) in [7, 11) is -1.34. The summed E-state index contributed by atoms with van der Waals surface area (Å²) in [6.45, 7) is 3.17. The maximum atomic E-state index is 6.32. The number of rotatable bonds is 6. The van der Waals surface area contributed by atoms with Crippen molar-refractivity contribution in [3.63, 3.8) is 0 Å². The van der Waals surface area contributed by atoms with Gasteiger partial charge in [0.2, 0.25) is 0 Å². The number of hydrogen-bond donors (Lipinski definition) is 0. The van der Waals surface area contributed by atoms with E-state index >= 15 is 0 Å². The van der Waals surface area contributed by atoms with Crippen LogP contribution in [-0.4, -0.2) is 20.9 Å². The zero-order chi connectivity index (χ0) is 16.0. The highest BCUT2D eigenvalue weighted by molar-refractivity contribution is 6.84. The molecule has 3 aliphatic carbocycles. The van der Waals surface area contributed by atoms with Gasteiger partial charge in [0, 0.05) is 12.8 Å². The van der Waals surface area contributed by atoms with Gasteiger partial charge >= 0.3 is 0 Å². The zero-order valence-electron chi connectivity index (χ0n) is 15.7. The van der Waals surface area contributed by atoms with Crippen LogP contribution in [0.3, 0.4) is 0 Å². The van der Waals surface area contributed by atoms with Crippen LogP contribution in [0.2, 0.25) is 16.6 Å². The lowest BCUT2D eigenvalue weighted by atomic mass is 9.98. The van der Waals surface area contributed by atoms with Crippen LogP contribution in [0.15, 0.2) is 0 Å². The van der Waals surface area contributed by atoms with Gasteiger partial charge in [-0.15, -0.1) is 0 Å². The summed E-state index contributed by atoms with van der Waals surface area (Å²) >= 11 is 0. The Kier molecular flexibility index (Phi) is 7.06. The third kappa shape index (κ3) is 4.06. The minimum atomic E-state index is -1.34. The van der Waals surface area contributed by atoms with Crippen LogP contribution in [-0.2, 0) is 4.74 Å². The number of hydrogen-bond acceptors (Lipinski definition) is 1. The molecule has 3 fully saturated rings. The molecule has 134 valence electrons. The normalized spacial score (nSPS) is 26.5. The second kappa shape index (κ2) is 9.04. The van der Waals surface area contributed by atoms with Crippen LogP contribution in [0.4, 0.5) is 0 Å². The third-order valence-electron chi connectivity index (χ3n) is 7.65. The van der Waals surface area contributed by atoms with Crippen LogP contribution >= 0.6 is 0 Å². The van der Waals surface area contributed by atoms with Crippen molar-refractivity contribution in [1.29, 1.82) is 0 Å². The summed E-state index contributed by atoms with van der Waals surface area (Å²) in [5.74, 6) is 0. The molecular weight excluding hydrogens is 296 g/mol. The Morgan fingerprint density at radius 3 is 1.26 bits per heavy atom. The molecule has 2 heteroatoms. The standard InChI is InChI=1S/C21H40OSi/c1-2-22-18-23(19-12-6-3-7-13-19,20-14-8-4-9-15-20)21-16-10-5-11-17-21/h19-21H,2-18H2,1H3. The molecule has 23 heavy (non-hydrogen) atoms. The minimum absolute atomic E-state index is 0.945. The lowest BCUT2D eigenvalue weighted by molar-refractivity contribution is 0.179. The minimum Gasteiger partial charge on any atom is -0.385 e. The first-order valence-corrected chi connectivity index (χ1v) is 13.4. The summed E-state index contributed by atoms with van der Waals surface area (Å²) in [6.07, 6.45) is 24.2. The quantitative estimate of drug-likeness (QED) is 0.474. The molecule has 0 aromatic heterocycles. The van der Waals surface area contributed by atoms with Gasteiger partial charge in [0.15, 0.2) is 0 Å². The molecule has 1 nitrogen and oxygen atoms in total. The fourth-order valence-electron chi connectivity index (χ4n) is 6.55. The second-order valence-corrected chi connectivity index (χ2v) is 13.7. The van der Waals surface area contributed by atoms with Gasteiger partial charge < -0.3 is 4.74 Å². The van der Waals surface area contributed by atoms with Crippen LogP contribution < -0.4 is 0 Å². The highest BCUT2D eigenvalue weighted by Gasteiger charge is 2.52. The van der Waals surface area contributed by atoms with Crippen LogP contribution in [0, 0.1) is 0 Å². The Labute approximate surface area is 146 Å². The van der Waals surface area contributed by atoms with Crippen molar-refractivity contribution in [3.8, 4) is 0 Å². The lowest BCUT2D eigenvalue weighted by Crippen LogP contribution is -2.55. The molecule has 0 spiro atoms. The van der Waals surface area contributed by atoms with E-state index in [0.29, 0.717) is 0 Å². The Balaban J connectivity index is 1.88. The third-order valence-corrected chi connectivity index (χ3v) is 14.6. The van der Waals surface area contributed by atoms with Crippen LogP contribution in [0.1, 0.15) is 103 Å². The van der Waals surface area contributed by atoms with E-state index in [4.69, 9.17) is 4.74 Å². The molecule has 0 aromatic rings. The average Bonchev–Trinajstić information content (AvgIpc) is 2.65. The maximum Gasteiger partial charge on any atom is 0.0928 e. The van der Waals surface area contributed by atoms with Crippen LogP contribution in [0.5, 0.6) is 0 Å². The lowest BCUT2D eigenvalue weighted by Gasteiger charge is -2.53. The van der Waals surface area contributed by atoms with E-state index in [0.717, 1.165) is 23.2 Å². The molecule has 0 aromatic carbocycles. The Bertz CT molecular complexity index is 279. The first-order chi connectivity index (χ1) is 11.4. The molecule has 0 saturated heterocycles. The predicted octanol–water partition coefficient (Wildman–Crippen LogP) is 7.01. The van der Waals surface area contributed by atoms with Crippen molar-refractivity contribution in [2.24, 2.45) is 0 Å². The van der Waals surface area contributed by atoms with Crippen molar-refractivity contribution in [1.82, 2.24) is 0 Å². The Morgan fingerprint density at radius 2 is 0.957 bits per heavy atom. The van der Waals surface area contributed by atoms with Gasteiger partial charge in [0.25, 0.3) is 0 Å². The van der Waals surface area contributed by atoms with E-state index in [1.807, 2.05) is 0 Å². The van der Waals surface area contributed by atoms with Gasteiger partial charge in [-0.25, -0.2) is 0 Å². The van der Waals surface area contributed by atoms with Crippen molar-refractivity contribution in [3.05, 3.63) is 0 Å². The van der Waals surface area contributed by atoms with Gasteiger partial charge in [-0.2, -0.15) is 0 Å². The summed E-state index contributed by atoms with van der Waals surface area (Å²) in [4.78, 5) is 0. The summed E-state index contributed by atoms with van der Waals surface area (Å²) in [6, 6.07) is 0. The molecule has 0 heterocycles. The SMILES string of the molecule is CCOC[Si](C1CCCCC1)(C1CCCCC1)C1CCCCC1. The molecule has 3 rings (SSSR count). The first-order valence-electron chi connectivity index (χ1n) is 11.0. The predicted molar refractivity (Wildman–Crippen MR) is 103 cm³/mol. The van der Waals surface area contributed by atoms with Gasteiger partial charge in [-0.05, 0) is 23.5 Å². The molecule has 0 amide bonds. The molecule has 3 aliphatic rings. The van der Waals surface area contributed by atoms with E-state index in [1.54, 1.807) is 38.5 Å². The Morgan fingerprint density at radius 1 is 0.609 bits per heavy atom. The van der Waals surface area contributed by atoms with E-state index in [1.165, 1.54) is 64.0 Å². The smallest absolute Gasteiger partial charge is 0.0928 e. The van der Waals surface area contributed by atoms with Crippen molar-refractivity contribution in [2.75, 3.05) is 12.8 Å². The highest BCUT2D eigenvalue weighted by Crippen LogP contribution is 2.56. The molecule has 0 radical (unpaired) electrons.